The van der Waals surface area contributed by atoms with Crippen molar-refractivity contribution < 1.29 is 5.11 Å². The van der Waals surface area contributed by atoms with E-state index in [1.807, 2.05) is 36.4 Å². The molecule has 2 aromatic carbocycles. The zero-order valence-corrected chi connectivity index (χ0v) is 13.3. The van der Waals surface area contributed by atoms with Crippen LogP contribution in [0.5, 0.6) is 0 Å². The molecule has 0 saturated carbocycles. The molecular weight excluding hydrogens is 260 g/mol. The van der Waals surface area contributed by atoms with Crippen molar-refractivity contribution in [2.75, 3.05) is 0 Å². The maximum absolute atomic E-state index is 10.1. The summed E-state index contributed by atoms with van der Waals surface area (Å²) >= 11 is 0. The molecule has 0 aliphatic carbocycles. The zero-order valence-electron chi connectivity index (χ0n) is 12.3. The molecule has 1 unspecified atom stereocenters. The van der Waals surface area contributed by atoms with Crippen molar-refractivity contribution in [3.05, 3.63) is 60.2 Å². The van der Waals surface area contributed by atoms with Crippen molar-refractivity contribution in [3.63, 3.8) is 0 Å². The molecule has 0 amide bonds. The first kappa shape index (κ1) is 14.6. The summed E-state index contributed by atoms with van der Waals surface area (Å²) in [5.41, 5.74) is 5.26. The van der Waals surface area contributed by atoms with Crippen molar-refractivity contribution in [1.29, 1.82) is 0 Å². The number of benzene rings is 2. The molecule has 1 N–H and O–H groups in total. The first-order chi connectivity index (χ1) is 9.42. The summed E-state index contributed by atoms with van der Waals surface area (Å²) in [6, 6.07) is 12.0. The third kappa shape index (κ3) is 3.19. The third-order valence-corrected chi connectivity index (χ3v) is 3.93. The van der Waals surface area contributed by atoms with Crippen molar-refractivity contribution in [2.24, 2.45) is 0 Å². The summed E-state index contributed by atoms with van der Waals surface area (Å²) in [6.45, 7) is 10.4. The molecular formula is C18H20OSi. The quantitative estimate of drug-likeness (QED) is 0.494. The van der Waals surface area contributed by atoms with Gasteiger partial charge in [0.1, 0.15) is 8.07 Å². The van der Waals surface area contributed by atoms with Crippen LogP contribution >= 0.6 is 0 Å². The van der Waals surface area contributed by atoms with Crippen LogP contribution < -0.4 is 0 Å². The Labute approximate surface area is 122 Å². The van der Waals surface area contributed by atoms with Gasteiger partial charge in [0.2, 0.25) is 0 Å². The van der Waals surface area contributed by atoms with Gasteiger partial charge in [-0.15, -0.1) is 12.1 Å². The highest BCUT2D eigenvalue weighted by molar-refractivity contribution is 6.83. The lowest BCUT2D eigenvalue weighted by Gasteiger charge is -2.12. The molecule has 0 aliphatic rings. The van der Waals surface area contributed by atoms with Crippen molar-refractivity contribution in [3.8, 4) is 11.5 Å². The van der Waals surface area contributed by atoms with Crippen LogP contribution in [0.3, 0.4) is 0 Å². The third-order valence-electron chi connectivity index (χ3n) is 3.05. The van der Waals surface area contributed by atoms with Crippen LogP contribution in [0, 0.1) is 11.5 Å². The maximum atomic E-state index is 10.1. The van der Waals surface area contributed by atoms with Gasteiger partial charge in [-0.2, -0.15) is 0 Å². The standard InChI is InChI=1S/C18H20OSi/c1-5-17(19)16-11-7-10-14-8-6-9-15(18(14)16)12-13-20(2,3)4/h5-11,17,19H,1H2,2-4H3. The van der Waals surface area contributed by atoms with E-state index in [0.29, 0.717) is 0 Å². The Kier molecular flexibility index (Phi) is 4.13. The molecule has 0 heterocycles. The fraction of sp³-hybridized carbons (Fsp3) is 0.222. The van der Waals surface area contributed by atoms with Gasteiger partial charge >= 0.3 is 0 Å². The second kappa shape index (κ2) is 5.66. The Morgan fingerprint density at radius 1 is 1.15 bits per heavy atom. The molecule has 0 saturated heterocycles. The molecule has 0 spiro atoms. The second-order valence-corrected chi connectivity index (χ2v) is 10.7. The fourth-order valence-corrected chi connectivity index (χ4v) is 2.61. The maximum Gasteiger partial charge on any atom is 0.129 e. The van der Waals surface area contributed by atoms with Crippen LogP contribution in [0.2, 0.25) is 19.6 Å². The molecule has 2 aromatic rings. The number of hydrogen-bond donors (Lipinski definition) is 1. The van der Waals surface area contributed by atoms with Crippen LogP contribution in [0.1, 0.15) is 17.2 Å². The monoisotopic (exact) mass is 280 g/mol. The first-order valence-electron chi connectivity index (χ1n) is 6.78. The Hall–Kier alpha value is -1.82. The average molecular weight is 280 g/mol. The van der Waals surface area contributed by atoms with Gasteiger partial charge in [-0.05, 0) is 17.0 Å². The van der Waals surface area contributed by atoms with Gasteiger partial charge in [0.05, 0.1) is 6.10 Å². The molecule has 2 heteroatoms. The molecule has 2 rings (SSSR count). The van der Waals surface area contributed by atoms with E-state index in [4.69, 9.17) is 0 Å². The lowest BCUT2D eigenvalue weighted by atomic mass is 9.96. The average Bonchev–Trinajstić information content (AvgIpc) is 2.42. The van der Waals surface area contributed by atoms with Crippen molar-refractivity contribution in [2.45, 2.75) is 25.7 Å². The highest BCUT2D eigenvalue weighted by Crippen LogP contribution is 2.27. The Balaban J connectivity index is 2.71. The molecule has 1 atom stereocenters. The lowest BCUT2D eigenvalue weighted by molar-refractivity contribution is 0.230. The van der Waals surface area contributed by atoms with E-state index in [2.05, 4.69) is 37.7 Å². The molecule has 0 aliphatic heterocycles. The van der Waals surface area contributed by atoms with Crippen molar-refractivity contribution in [1.82, 2.24) is 0 Å². The van der Waals surface area contributed by atoms with Gasteiger partial charge in [0.15, 0.2) is 0 Å². The van der Waals surface area contributed by atoms with Crippen LogP contribution in [0.25, 0.3) is 10.8 Å². The van der Waals surface area contributed by atoms with Gasteiger partial charge in [0, 0.05) is 10.9 Å². The highest BCUT2D eigenvalue weighted by atomic mass is 28.3. The van der Waals surface area contributed by atoms with Gasteiger partial charge < -0.3 is 5.11 Å². The number of aliphatic hydroxyl groups excluding tert-OH is 1. The zero-order chi connectivity index (χ0) is 14.8. The fourth-order valence-electron chi connectivity index (χ4n) is 2.10. The SMILES string of the molecule is C=CC(O)c1cccc2cccc(C#C[Si](C)(C)C)c12. The summed E-state index contributed by atoms with van der Waals surface area (Å²) in [4.78, 5) is 0. The minimum atomic E-state index is -1.42. The molecule has 1 nitrogen and oxygen atoms in total. The summed E-state index contributed by atoms with van der Waals surface area (Å²) in [5.74, 6) is 3.31. The minimum Gasteiger partial charge on any atom is -0.384 e. The topological polar surface area (TPSA) is 20.2 Å². The smallest absolute Gasteiger partial charge is 0.129 e. The summed E-state index contributed by atoms with van der Waals surface area (Å²) in [7, 11) is -1.42. The molecule has 0 bridgehead atoms. The van der Waals surface area contributed by atoms with E-state index >= 15 is 0 Å². The first-order valence-corrected chi connectivity index (χ1v) is 10.3. The van der Waals surface area contributed by atoms with E-state index in [1.54, 1.807) is 6.08 Å². The van der Waals surface area contributed by atoms with E-state index < -0.39 is 14.2 Å². The Morgan fingerprint density at radius 3 is 2.40 bits per heavy atom. The summed E-state index contributed by atoms with van der Waals surface area (Å²) < 4.78 is 0. The second-order valence-electron chi connectivity index (χ2n) is 5.93. The number of aliphatic hydroxyl groups is 1. The van der Waals surface area contributed by atoms with E-state index in [1.165, 1.54) is 0 Å². The van der Waals surface area contributed by atoms with Crippen LogP contribution in [-0.2, 0) is 0 Å². The highest BCUT2D eigenvalue weighted by Gasteiger charge is 2.11. The summed E-state index contributed by atoms with van der Waals surface area (Å²) in [5, 5.41) is 12.3. The predicted octanol–water partition coefficient (Wildman–Crippen LogP) is 4.29. The minimum absolute atomic E-state index is 0.659. The van der Waals surface area contributed by atoms with E-state index in [9.17, 15) is 5.11 Å². The molecule has 102 valence electrons. The number of hydrogen-bond acceptors (Lipinski definition) is 1. The van der Waals surface area contributed by atoms with E-state index in [-0.39, 0.29) is 0 Å². The molecule has 0 aromatic heterocycles. The normalized spacial score (nSPS) is 12.6. The van der Waals surface area contributed by atoms with Crippen molar-refractivity contribution >= 4 is 18.8 Å². The van der Waals surface area contributed by atoms with Crippen LogP contribution in [0.4, 0.5) is 0 Å². The Bertz CT molecular complexity index is 693. The molecule has 20 heavy (non-hydrogen) atoms. The van der Waals surface area contributed by atoms with E-state index in [0.717, 1.165) is 21.9 Å². The Morgan fingerprint density at radius 2 is 1.80 bits per heavy atom. The van der Waals surface area contributed by atoms with Gasteiger partial charge in [0.25, 0.3) is 0 Å². The van der Waals surface area contributed by atoms with Crippen LogP contribution in [0.15, 0.2) is 49.1 Å². The summed E-state index contributed by atoms with van der Waals surface area (Å²) in [6.07, 6.45) is 0.894. The predicted molar refractivity (Wildman–Crippen MR) is 89.3 cm³/mol. The van der Waals surface area contributed by atoms with Gasteiger partial charge in [-0.1, -0.05) is 62.0 Å². The lowest BCUT2D eigenvalue weighted by Crippen LogP contribution is -2.16. The number of fused-ring (bicyclic) bond motifs is 1. The number of rotatable bonds is 2. The van der Waals surface area contributed by atoms with Gasteiger partial charge in [-0.3, -0.25) is 0 Å². The molecule has 0 fully saturated rings. The van der Waals surface area contributed by atoms with Gasteiger partial charge in [-0.25, -0.2) is 0 Å². The largest absolute Gasteiger partial charge is 0.384 e. The van der Waals surface area contributed by atoms with Crippen LogP contribution in [-0.4, -0.2) is 13.2 Å². The molecule has 0 radical (unpaired) electrons.